The molecular formula is C10H18N4O4S. The lowest BCUT2D eigenvalue weighted by atomic mass is 10.3. The van der Waals surface area contributed by atoms with Crippen molar-refractivity contribution in [3.63, 3.8) is 0 Å². The van der Waals surface area contributed by atoms with Gasteiger partial charge in [-0.05, 0) is 0 Å². The smallest absolute Gasteiger partial charge is 0.224 e. The van der Waals surface area contributed by atoms with Crippen LogP contribution in [0.2, 0.25) is 0 Å². The molecule has 0 amide bonds. The number of nitrogens with one attached hydrogen (secondary N) is 2. The third-order valence-electron chi connectivity index (χ3n) is 2.22. The second-order valence-corrected chi connectivity index (χ2v) is 5.55. The van der Waals surface area contributed by atoms with Crippen LogP contribution in [0.1, 0.15) is 5.56 Å². The molecule has 1 aromatic heterocycles. The maximum atomic E-state index is 10.9. The van der Waals surface area contributed by atoms with E-state index < -0.39 is 10.0 Å². The molecule has 0 aliphatic heterocycles. The van der Waals surface area contributed by atoms with E-state index in [2.05, 4.69) is 20.0 Å². The van der Waals surface area contributed by atoms with Crippen LogP contribution < -0.4 is 19.5 Å². The largest absolute Gasteiger partial charge is 0.481 e. The fourth-order valence-corrected chi connectivity index (χ4v) is 1.90. The van der Waals surface area contributed by atoms with Crippen molar-refractivity contribution in [1.82, 2.24) is 20.0 Å². The van der Waals surface area contributed by atoms with E-state index in [9.17, 15) is 8.42 Å². The summed E-state index contributed by atoms with van der Waals surface area (Å²) in [5.41, 5.74) is 0.687. The maximum Gasteiger partial charge on any atom is 0.224 e. The lowest BCUT2D eigenvalue weighted by Crippen LogP contribution is -2.31. The summed E-state index contributed by atoms with van der Waals surface area (Å²) in [6.07, 6.45) is 2.47. The summed E-state index contributed by atoms with van der Waals surface area (Å²) < 4.78 is 34.3. The maximum absolute atomic E-state index is 10.9. The highest BCUT2D eigenvalue weighted by Crippen LogP contribution is 2.22. The summed E-state index contributed by atoms with van der Waals surface area (Å²) in [5, 5.41) is 3.06. The van der Waals surface area contributed by atoms with Crippen molar-refractivity contribution >= 4 is 10.0 Å². The van der Waals surface area contributed by atoms with E-state index in [1.807, 2.05) is 0 Å². The fraction of sp³-hybridized carbons (Fsp3) is 0.600. The number of rotatable bonds is 8. The first-order valence-corrected chi connectivity index (χ1v) is 7.44. The molecule has 1 aromatic rings. The van der Waals surface area contributed by atoms with E-state index in [4.69, 9.17) is 9.47 Å². The van der Waals surface area contributed by atoms with Gasteiger partial charge in [0.25, 0.3) is 0 Å². The van der Waals surface area contributed by atoms with E-state index in [0.29, 0.717) is 37.0 Å². The highest BCUT2D eigenvalue weighted by molar-refractivity contribution is 7.88. The second kappa shape index (κ2) is 7.22. The number of sulfonamides is 1. The number of ether oxygens (including phenoxy) is 2. The zero-order valence-electron chi connectivity index (χ0n) is 11.1. The Morgan fingerprint density at radius 2 is 1.74 bits per heavy atom. The van der Waals surface area contributed by atoms with Gasteiger partial charge in [0.15, 0.2) is 0 Å². The molecule has 108 valence electrons. The molecule has 0 saturated carbocycles. The molecule has 0 radical (unpaired) electrons. The minimum atomic E-state index is -3.16. The molecule has 1 rings (SSSR count). The normalized spacial score (nSPS) is 11.3. The minimum absolute atomic E-state index is 0.303. The Bertz CT molecular complexity index is 484. The zero-order valence-corrected chi connectivity index (χ0v) is 12.0. The van der Waals surface area contributed by atoms with Crippen LogP contribution in [-0.2, 0) is 16.6 Å². The minimum Gasteiger partial charge on any atom is -0.481 e. The van der Waals surface area contributed by atoms with Crippen LogP contribution in [0.3, 0.4) is 0 Å². The van der Waals surface area contributed by atoms with Gasteiger partial charge in [0.1, 0.15) is 6.33 Å². The van der Waals surface area contributed by atoms with Gasteiger partial charge >= 0.3 is 0 Å². The van der Waals surface area contributed by atoms with Crippen LogP contribution in [0, 0.1) is 0 Å². The Morgan fingerprint density at radius 1 is 1.16 bits per heavy atom. The van der Waals surface area contributed by atoms with E-state index >= 15 is 0 Å². The van der Waals surface area contributed by atoms with Crippen LogP contribution in [0.25, 0.3) is 0 Å². The van der Waals surface area contributed by atoms with Gasteiger partial charge in [-0.1, -0.05) is 0 Å². The predicted octanol–water partition coefficient (Wildman–Crippen LogP) is -0.867. The first-order chi connectivity index (χ1) is 8.98. The first kappa shape index (κ1) is 15.6. The van der Waals surface area contributed by atoms with E-state index in [1.54, 1.807) is 0 Å². The average molecular weight is 290 g/mol. The monoisotopic (exact) mass is 290 g/mol. The summed E-state index contributed by atoms with van der Waals surface area (Å²) >= 11 is 0. The van der Waals surface area contributed by atoms with E-state index in [-0.39, 0.29) is 0 Å². The van der Waals surface area contributed by atoms with Gasteiger partial charge < -0.3 is 14.8 Å². The number of nitrogens with zero attached hydrogens (tertiary/aromatic N) is 2. The summed E-state index contributed by atoms with van der Waals surface area (Å²) in [4.78, 5) is 7.96. The second-order valence-electron chi connectivity index (χ2n) is 3.71. The van der Waals surface area contributed by atoms with Gasteiger partial charge in [0.2, 0.25) is 21.8 Å². The quantitative estimate of drug-likeness (QED) is 0.600. The van der Waals surface area contributed by atoms with Crippen molar-refractivity contribution in [2.24, 2.45) is 0 Å². The molecule has 0 aliphatic carbocycles. The first-order valence-electron chi connectivity index (χ1n) is 5.55. The zero-order chi connectivity index (χ0) is 14.3. The number of aromatic nitrogens is 2. The summed E-state index contributed by atoms with van der Waals surface area (Å²) in [6.45, 7) is 1.18. The predicted molar refractivity (Wildman–Crippen MR) is 69.7 cm³/mol. The molecule has 0 spiro atoms. The van der Waals surface area contributed by atoms with Crippen molar-refractivity contribution in [1.29, 1.82) is 0 Å². The molecule has 8 nitrogen and oxygen atoms in total. The molecule has 2 N–H and O–H groups in total. The molecule has 0 aromatic carbocycles. The summed E-state index contributed by atoms with van der Waals surface area (Å²) in [5.74, 6) is 0.853. The van der Waals surface area contributed by atoms with Gasteiger partial charge in [-0.2, -0.15) is 0 Å². The Morgan fingerprint density at radius 3 is 2.21 bits per heavy atom. The van der Waals surface area contributed by atoms with E-state index in [0.717, 1.165) is 6.26 Å². The van der Waals surface area contributed by atoms with Gasteiger partial charge in [-0.15, -0.1) is 0 Å². The number of methoxy groups -OCH3 is 2. The molecule has 0 bridgehead atoms. The molecular weight excluding hydrogens is 272 g/mol. The Balaban J connectivity index is 2.53. The molecule has 0 saturated heterocycles. The lowest BCUT2D eigenvalue weighted by Gasteiger charge is -2.11. The van der Waals surface area contributed by atoms with Crippen LogP contribution in [0.15, 0.2) is 6.33 Å². The van der Waals surface area contributed by atoms with Crippen LogP contribution in [-0.4, -0.2) is 52.0 Å². The highest BCUT2D eigenvalue weighted by atomic mass is 32.2. The van der Waals surface area contributed by atoms with Crippen molar-refractivity contribution in [2.45, 2.75) is 6.54 Å². The van der Waals surface area contributed by atoms with Gasteiger partial charge in [0, 0.05) is 19.6 Å². The van der Waals surface area contributed by atoms with E-state index in [1.165, 1.54) is 20.5 Å². The molecule has 1 heterocycles. The highest BCUT2D eigenvalue weighted by Gasteiger charge is 2.12. The van der Waals surface area contributed by atoms with Gasteiger partial charge in [0.05, 0.1) is 26.0 Å². The molecule has 0 unspecified atom stereocenters. The molecule has 0 aliphatic rings. The number of hydrogen-bond acceptors (Lipinski definition) is 7. The molecule has 19 heavy (non-hydrogen) atoms. The van der Waals surface area contributed by atoms with Gasteiger partial charge in [-0.25, -0.2) is 23.1 Å². The molecule has 9 heteroatoms. The summed E-state index contributed by atoms with van der Waals surface area (Å²) in [7, 11) is -0.138. The fourth-order valence-electron chi connectivity index (χ4n) is 1.42. The van der Waals surface area contributed by atoms with Crippen molar-refractivity contribution in [2.75, 3.05) is 33.6 Å². The topological polar surface area (TPSA) is 102 Å². The average Bonchev–Trinajstić information content (AvgIpc) is 2.36. The SMILES string of the molecule is COc1ncnc(OC)c1CNCCNS(C)(=O)=O. The third kappa shape index (κ3) is 5.37. The van der Waals surface area contributed by atoms with Crippen molar-refractivity contribution in [3.05, 3.63) is 11.9 Å². The standard InChI is InChI=1S/C10H18N4O4S/c1-17-9-8(10(18-2)13-7-12-9)6-11-4-5-14-19(3,15)16/h7,11,14H,4-6H2,1-3H3. The Hall–Kier alpha value is -1.45. The Kier molecular flexibility index (Phi) is 5.93. The van der Waals surface area contributed by atoms with Crippen LogP contribution in [0.4, 0.5) is 0 Å². The molecule has 0 fully saturated rings. The van der Waals surface area contributed by atoms with Crippen molar-refractivity contribution < 1.29 is 17.9 Å². The van der Waals surface area contributed by atoms with Crippen molar-refractivity contribution in [3.8, 4) is 11.8 Å². The Labute approximate surface area is 112 Å². The third-order valence-corrected chi connectivity index (χ3v) is 2.95. The lowest BCUT2D eigenvalue weighted by molar-refractivity contribution is 0.359. The number of hydrogen-bond donors (Lipinski definition) is 2. The van der Waals surface area contributed by atoms with Crippen LogP contribution >= 0.6 is 0 Å². The van der Waals surface area contributed by atoms with Crippen LogP contribution in [0.5, 0.6) is 11.8 Å². The molecule has 0 atom stereocenters. The summed E-state index contributed by atoms with van der Waals surface area (Å²) in [6, 6.07) is 0. The van der Waals surface area contributed by atoms with Gasteiger partial charge in [-0.3, -0.25) is 0 Å².